The van der Waals surface area contributed by atoms with E-state index in [1.165, 1.54) is 12.1 Å². The van der Waals surface area contributed by atoms with Crippen LogP contribution >= 0.6 is 15.9 Å². The normalized spacial score (nSPS) is 24.5. The van der Waals surface area contributed by atoms with Crippen LogP contribution in [0.25, 0.3) is 5.83 Å². The third-order valence-corrected chi connectivity index (χ3v) is 4.80. The zero-order valence-corrected chi connectivity index (χ0v) is 12.1. The Bertz CT molecular complexity index is 462. The third-order valence-electron chi connectivity index (χ3n) is 3.88. The van der Waals surface area contributed by atoms with Gasteiger partial charge < -0.3 is 0 Å². The second-order valence-corrected chi connectivity index (χ2v) is 5.72. The van der Waals surface area contributed by atoms with E-state index in [9.17, 15) is 13.2 Å². The summed E-state index contributed by atoms with van der Waals surface area (Å²) in [5, 5.41) is 1.01. The van der Waals surface area contributed by atoms with E-state index in [4.69, 9.17) is 0 Å². The van der Waals surface area contributed by atoms with E-state index in [0.717, 1.165) is 36.6 Å². The van der Waals surface area contributed by atoms with Crippen LogP contribution in [0.1, 0.15) is 42.7 Å². The molecule has 0 bridgehead atoms. The van der Waals surface area contributed by atoms with Crippen LogP contribution in [0.3, 0.4) is 0 Å². The highest BCUT2D eigenvalue weighted by molar-refractivity contribution is 9.09. The smallest absolute Gasteiger partial charge is 0.161 e. The molecule has 1 saturated carbocycles. The summed E-state index contributed by atoms with van der Waals surface area (Å²) in [7, 11) is 0. The van der Waals surface area contributed by atoms with Gasteiger partial charge in [-0.05, 0) is 55.2 Å². The molecular weight excluding hydrogens is 317 g/mol. The van der Waals surface area contributed by atoms with Crippen molar-refractivity contribution in [1.82, 2.24) is 0 Å². The molecule has 0 aliphatic heterocycles. The van der Waals surface area contributed by atoms with Crippen molar-refractivity contribution >= 4 is 21.8 Å². The Kier molecular flexibility index (Phi) is 5.08. The van der Waals surface area contributed by atoms with Crippen molar-refractivity contribution in [3.8, 4) is 0 Å². The average molecular weight is 333 g/mol. The van der Waals surface area contributed by atoms with Crippen LogP contribution in [-0.4, -0.2) is 5.33 Å². The highest BCUT2D eigenvalue weighted by Crippen LogP contribution is 2.37. The fourth-order valence-corrected chi connectivity index (χ4v) is 3.34. The summed E-state index contributed by atoms with van der Waals surface area (Å²) in [6.45, 7) is 0. The van der Waals surface area contributed by atoms with Gasteiger partial charge in [-0.3, -0.25) is 0 Å². The maximum Gasteiger partial charge on any atom is 0.161 e. The minimum absolute atomic E-state index is 0.209. The summed E-state index contributed by atoms with van der Waals surface area (Å²) in [5.74, 6) is -0.817. The fourth-order valence-electron chi connectivity index (χ4n) is 2.69. The minimum atomic E-state index is -1.16. The lowest BCUT2D eigenvalue weighted by Gasteiger charge is -2.27. The maximum absolute atomic E-state index is 13.7. The van der Waals surface area contributed by atoms with Crippen LogP contribution in [0.15, 0.2) is 24.5 Å². The molecule has 104 valence electrons. The molecule has 1 aliphatic rings. The van der Waals surface area contributed by atoms with Gasteiger partial charge in [-0.15, -0.1) is 0 Å². The Morgan fingerprint density at radius 1 is 1.26 bits per heavy atom. The number of benzene rings is 1. The summed E-state index contributed by atoms with van der Waals surface area (Å²) < 4.78 is 38.8. The van der Waals surface area contributed by atoms with Crippen molar-refractivity contribution in [3.63, 3.8) is 0 Å². The predicted molar refractivity (Wildman–Crippen MR) is 75.1 cm³/mol. The van der Waals surface area contributed by atoms with Crippen LogP contribution in [-0.2, 0) is 0 Å². The van der Waals surface area contributed by atoms with Crippen molar-refractivity contribution < 1.29 is 13.2 Å². The van der Waals surface area contributed by atoms with Gasteiger partial charge in [-0.2, -0.15) is 0 Å². The van der Waals surface area contributed by atoms with Gasteiger partial charge >= 0.3 is 0 Å². The Hall–Kier alpha value is -0.770. The summed E-state index contributed by atoms with van der Waals surface area (Å²) >= 11 is 3.49. The number of hydrogen-bond donors (Lipinski definition) is 0. The first kappa shape index (κ1) is 14.6. The summed E-state index contributed by atoms with van der Waals surface area (Å²) in [6.07, 6.45) is 4.09. The Morgan fingerprint density at radius 3 is 2.47 bits per heavy atom. The molecule has 1 fully saturated rings. The molecule has 1 aromatic carbocycles. The molecule has 0 radical (unpaired) electrons. The molecule has 2 rings (SSSR count). The van der Waals surface area contributed by atoms with Gasteiger partial charge in [0.25, 0.3) is 0 Å². The zero-order valence-electron chi connectivity index (χ0n) is 10.5. The summed E-state index contributed by atoms with van der Waals surface area (Å²) in [6, 6.07) is 4.38. The van der Waals surface area contributed by atoms with E-state index in [-0.39, 0.29) is 11.9 Å². The second-order valence-electron chi connectivity index (χ2n) is 5.07. The minimum Gasteiger partial charge on any atom is -0.212 e. The van der Waals surface area contributed by atoms with Gasteiger partial charge in [0.05, 0.1) is 0 Å². The quantitative estimate of drug-likeness (QED) is 0.620. The molecule has 0 N–H and O–H groups in total. The topological polar surface area (TPSA) is 0 Å². The van der Waals surface area contributed by atoms with Crippen molar-refractivity contribution in [2.75, 3.05) is 5.33 Å². The van der Waals surface area contributed by atoms with Crippen LogP contribution in [0.2, 0.25) is 0 Å². The molecule has 19 heavy (non-hydrogen) atoms. The monoisotopic (exact) mass is 332 g/mol. The van der Waals surface area contributed by atoms with E-state index < -0.39 is 11.6 Å². The van der Waals surface area contributed by atoms with Crippen molar-refractivity contribution in [3.05, 3.63) is 41.5 Å². The third kappa shape index (κ3) is 3.41. The van der Waals surface area contributed by atoms with E-state index >= 15 is 0 Å². The molecule has 0 spiro atoms. The van der Waals surface area contributed by atoms with Gasteiger partial charge in [-0.25, -0.2) is 13.2 Å². The van der Waals surface area contributed by atoms with E-state index in [0.29, 0.717) is 11.8 Å². The van der Waals surface area contributed by atoms with Gasteiger partial charge in [0.15, 0.2) is 5.83 Å². The molecule has 0 heterocycles. The molecule has 0 unspecified atom stereocenters. The molecule has 0 atom stereocenters. The van der Waals surface area contributed by atoms with Crippen molar-refractivity contribution in [1.29, 1.82) is 0 Å². The predicted octanol–water partition coefficient (Wildman–Crippen LogP) is 5.73. The van der Waals surface area contributed by atoms with Crippen LogP contribution < -0.4 is 0 Å². The molecule has 4 heteroatoms. The average Bonchev–Trinajstić information content (AvgIpc) is 2.46. The van der Waals surface area contributed by atoms with E-state index in [1.807, 2.05) is 0 Å². The largest absolute Gasteiger partial charge is 0.212 e. The first-order valence-corrected chi connectivity index (χ1v) is 7.59. The highest BCUT2D eigenvalue weighted by Gasteiger charge is 2.22. The number of rotatable bonds is 3. The van der Waals surface area contributed by atoms with Gasteiger partial charge in [0.1, 0.15) is 12.1 Å². The lowest BCUT2D eigenvalue weighted by molar-refractivity contribution is 0.353. The van der Waals surface area contributed by atoms with Crippen LogP contribution in [0.4, 0.5) is 13.2 Å². The van der Waals surface area contributed by atoms with Crippen molar-refractivity contribution in [2.45, 2.75) is 31.6 Å². The Labute approximate surface area is 119 Å². The lowest BCUT2D eigenvalue weighted by atomic mass is 9.79. The van der Waals surface area contributed by atoms with E-state index in [1.54, 1.807) is 6.07 Å². The van der Waals surface area contributed by atoms with Crippen LogP contribution in [0, 0.1) is 11.7 Å². The molecule has 1 aromatic rings. The van der Waals surface area contributed by atoms with Crippen LogP contribution in [0.5, 0.6) is 0 Å². The second kappa shape index (κ2) is 6.60. The SMILES string of the molecule is FC=C(F)c1ccc([C@H]2CC[C@H](CBr)CC2)cc1F. The van der Waals surface area contributed by atoms with Gasteiger partial charge in [0.2, 0.25) is 0 Å². The molecule has 0 nitrogen and oxygen atoms in total. The standard InChI is InChI=1S/C15H16BrF3/c16-8-10-1-3-11(4-2-10)12-5-6-13(14(18)7-12)15(19)9-17/h5-7,9-11H,1-4,8H2/t10-,11-. The first-order valence-electron chi connectivity index (χ1n) is 6.47. The highest BCUT2D eigenvalue weighted by atomic mass is 79.9. The Balaban J connectivity index is 2.12. The summed E-state index contributed by atoms with van der Waals surface area (Å²) in [4.78, 5) is 0. The molecule has 0 amide bonds. The summed E-state index contributed by atoms with van der Waals surface area (Å²) in [5.41, 5.74) is 0.585. The number of alkyl halides is 1. The Morgan fingerprint density at radius 2 is 1.95 bits per heavy atom. The molecule has 1 aliphatic carbocycles. The molecule has 0 saturated heterocycles. The van der Waals surface area contributed by atoms with E-state index in [2.05, 4.69) is 15.9 Å². The van der Waals surface area contributed by atoms with Gasteiger partial charge in [-0.1, -0.05) is 22.0 Å². The fraction of sp³-hybridized carbons (Fsp3) is 0.467. The number of halogens is 4. The van der Waals surface area contributed by atoms with Crippen molar-refractivity contribution in [2.24, 2.45) is 5.92 Å². The maximum atomic E-state index is 13.7. The number of hydrogen-bond acceptors (Lipinski definition) is 0. The molecular formula is C15H16BrF3. The zero-order chi connectivity index (χ0) is 13.8. The van der Waals surface area contributed by atoms with Gasteiger partial charge in [0, 0.05) is 10.9 Å². The lowest BCUT2D eigenvalue weighted by Crippen LogP contribution is -2.14. The molecule has 0 aromatic heterocycles. The first-order chi connectivity index (χ1) is 9.15.